The van der Waals surface area contributed by atoms with E-state index in [0.29, 0.717) is 21.3 Å². The van der Waals surface area contributed by atoms with E-state index in [1.807, 2.05) is 36.4 Å². The number of rotatable bonds is 6. The normalized spacial score (nSPS) is 10.4. The quantitative estimate of drug-likeness (QED) is 0.362. The average Bonchev–Trinajstić information content (AvgIpc) is 2.69. The van der Waals surface area contributed by atoms with Gasteiger partial charge in [0.1, 0.15) is 0 Å². The minimum absolute atomic E-state index is 0.100. The molecule has 0 saturated heterocycles. The van der Waals surface area contributed by atoms with E-state index in [1.54, 1.807) is 24.3 Å². The number of thioether (sulfide) groups is 1. The molecule has 0 aliphatic carbocycles. The molecule has 3 rings (SSSR count). The Kier molecular flexibility index (Phi) is 7.61. The van der Waals surface area contributed by atoms with Crippen molar-refractivity contribution in [3.8, 4) is 0 Å². The molecule has 3 aromatic rings. The van der Waals surface area contributed by atoms with Crippen molar-refractivity contribution in [1.82, 2.24) is 0 Å². The summed E-state index contributed by atoms with van der Waals surface area (Å²) in [6.07, 6.45) is 0. The van der Waals surface area contributed by atoms with Crippen molar-refractivity contribution in [1.29, 1.82) is 0 Å². The van der Waals surface area contributed by atoms with Crippen molar-refractivity contribution in [2.45, 2.75) is 4.90 Å². The van der Waals surface area contributed by atoms with Gasteiger partial charge in [-0.05, 0) is 70.5 Å². The first kappa shape index (κ1) is 21.7. The number of hydrogen-bond acceptors (Lipinski definition) is 3. The molecular formula is C21H15BrCl2N2O2S. The lowest BCUT2D eigenvalue weighted by molar-refractivity contribution is -0.113. The zero-order chi connectivity index (χ0) is 20.8. The van der Waals surface area contributed by atoms with Gasteiger partial charge in [-0.3, -0.25) is 9.59 Å². The molecule has 0 fully saturated rings. The van der Waals surface area contributed by atoms with Gasteiger partial charge in [0, 0.05) is 20.1 Å². The van der Waals surface area contributed by atoms with E-state index in [1.165, 1.54) is 17.8 Å². The van der Waals surface area contributed by atoms with Crippen molar-refractivity contribution >= 4 is 74.1 Å². The molecular weight excluding hydrogens is 495 g/mol. The Hall–Kier alpha value is -1.99. The number of anilines is 2. The van der Waals surface area contributed by atoms with Crippen LogP contribution >= 0.6 is 50.9 Å². The predicted molar refractivity (Wildman–Crippen MR) is 124 cm³/mol. The molecule has 0 heterocycles. The summed E-state index contributed by atoms with van der Waals surface area (Å²) >= 11 is 16.7. The zero-order valence-electron chi connectivity index (χ0n) is 14.9. The summed E-state index contributed by atoms with van der Waals surface area (Å²) in [5.74, 6) is -0.149. The van der Waals surface area contributed by atoms with Gasteiger partial charge in [0.2, 0.25) is 5.91 Å². The maximum atomic E-state index is 12.3. The first-order valence-electron chi connectivity index (χ1n) is 8.46. The summed E-state index contributed by atoms with van der Waals surface area (Å²) in [6, 6.07) is 19.4. The number of carbonyl (C=O) groups excluding carboxylic acids is 2. The summed E-state index contributed by atoms with van der Waals surface area (Å²) in [6.45, 7) is 0. The van der Waals surface area contributed by atoms with E-state index in [4.69, 9.17) is 23.2 Å². The lowest BCUT2D eigenvalue weighted by Gasteiger charge is -2.09. The van der Waals surface area contributed by atoms with Crippen molar-refractivity contribution in [2.75, 3.05) is 16.4 Å². The van der Waals surface area contributed by atoms with Gasteiger partial charge in [0.05, 0.1) is 22.0 Å². The van der Waals surface area contributed by atoms with Crippen LogP contribution in [0, 0.1) is 0 Å². The maximum absolute atomic E-state index is 12.3. The third-order valence-corrected chi connectivity index (χ3v) is 6.06. The number of halogens is 3. The Morgan fingerprint density at radius 1 is 0.931 bits per heavy atom. The number of carbonyl (C=O) groups is 2. The molecule has 0 aromatic heterocycles. The SMILES string of the molecule is O=C(CSc1ccc(NC(=O)c2ccc(Cl)cc2Cl)cc1)Nc1ccccc1Br. The van der Waals surface area contributed by atoms with Crippen LogP contribution in [0.15, 0.2) is 76.1 Å². The molecule has 2 amide bonds. The van der Waals surface area contributed by atoms with E-state index >= 15 is 0 Å². The molecule has 2 N–H and O–H groups in total. The van der Waals surface area contributed by atoms with E-state index < -0.39 is 0 Å². The fraction of sp³-hybridized carbons (Fsp3) is 0.0476. The van der Waals surface area contributed by atoms with E-state index in [2.05, 4.69) is 26.6 Å². The standard InChI is InChI=1S/C21H15BrCl2N2O2S/c22-17-3-1-2-4-19(17)26-20(27)12-29-15-8-6-14(7-9-15)25-21(28)16-10-5-13(23)11-18(16)24/h1-11H,12H2,(H,25,28)(H,26,27). The van der Waals surface area contributed by atoms with E-state index in [9.17, 15) is 9.59 Å². The first-order chi connectivity index (χ1) is 13.9. The fourth-order valence-electron chi connectivity index (χ4n) is 2.40. The van der Waals surface area contributed by atoms with Gasteiger partial charge in [-0.2, -0.15) is 0 Å². The Balaban J connectivity index is 1.54. The molecule has 0 radical (unpaired) electrons. The number of amides is 2. The van der Waals surface area contributed by atoms with Gasteiger partial charge in [-0.1, -0.05) is 35.3 Å². The lowest BCUT2D eigenvalue weighted by Crippen LogP contribution is -2.14. The third kappa shape index (κ3) is 6.24. The van der Waals surface area contributed by atoms with Crippen molar-refractivity contribution in [3.63, 3.8) is 0 Å². The van der Waals surface area contributed by atoms with Crippen LogP contribution in [-0.2, 0) is 4.79 Å². The molecule has 8 heteroatoms. The maximum Gasteiger partial charge on any atom is 0.257 e. The smallest absolute Gasteiger partial charge is 0.257 e. The molecule has 29 heavy (non-hydrogen) atoms. The molecule has 0 aliphatic heterocycles. The second-order valence-corrected chi connectivity index (χ2v) is 8.67. The number of hydrogen-bond donors (Lipinski definition) is 2. The fourth-order valence-corrected chi connectivity index (χ4v) is 3.98. The van der Waals surface area contributed by atoms with Crippen molar-refractivity contribution in [3.05, 3.63) is 86.8 Å². The highest BCUT2D eigenvalue weighted by Gasteiger charge is 2.11. The minimum Gasteiger partial charge on any atom is -0.324 e. The largest absolute Gasteiger partial charge is 0.324 e. The summed E-state index contributed by atoms with van der Waals surface area (Å²) in [7, 11) is 0. The van der Waals surface area contributed by atoms with Crippen LogP contribution in [0.5, 0.6) is 0 Å². The Morgan fingerprint density at radius 2 is 1.66 bits per heavy atom. The van der Waals surface area contributed by atoms with Gasteiger partial charge >= 0.3 is 0 Å². The van der Waals surface area contributed by atoms with Gasteiger partial charge in [0.25, 0.3) is 5.91 Å². The van der Waals surface area contributed by atoms with Crippen LogP contribution in [0.4, 0.5) is 11.4 Å². The molecule has 0 spiro atoms. The molecule has 4 nitrogen and oxygen atoms in total. The molecule has 0 unspecified atom stereocenters. The van der Waals surface area contributed by atoms with Crippen molar-refractivity contribution in [2.24, 2.45) is 0 Å². The zero-order valence-corrected chi connectivity index (χ0v) is 18.8. The predicted octanol–water partition coefficient (Wildman–Crippen LogP) is 6.74. The monoisotopic (exact) mass is 508 g/mol. The van der Waals surface area contributed by atoms with Crippen LogP contribution in [0.25, 0.3) is 0 Å². The summed E-state index contributed by atoms with van der Waals surface area (Å²) in [5.41, 5.74) is 1.71. The second-order valence-electron chi connectivity index (χ2n) is 5.92. The highest BCUT2D eigenvalue weighted by molar-refractivity contribution is 9.10. The highest BCUT2D eigenvalue weighted by Crippen LogP contribution is 2.25. The van der Waals surface area contributed by atoms with Crippen molar-refractivity contribution < 1.29 is 9.59 Å². The Labute approximate surface area is 191 Å². The van der Waals surface area contributed by atoms with Gasteiger partial charge in [-0.25, -0.2) is 0 Å². The lowest BCUT2D eigenvalue weighted by atomic mass is 10.2. The molecule has 0 bridgehead atoms. The highest BCUT2D eigenvalue weighted by atomic mass is 79.9. The van der Waals surface area contributed by atoms with Crippen LogP contribution < -0.4 is 10.6 Å². The Morgan fingerprint density at radius 3 is 2.34 bits per heavy atom. The summed E-state index contributed by atoms with van der Waals surface area (Å²) < 4.78 is 0.833. The van der Waals surface area contributed by atoms with Crippen LogP contribution in [-0.4, -0.2) is 17.6 Å². The van der Waals surface area contributed by atoms with Gasteiger partial charge in [-0.15, -0.1) is 11.8 Å². The molecule has 0 aliphatic rings. The average molecular weight is 510 g/mol. The number of para-hydroxylation sites is 1. The second kappa shape index (κ2) is 10.2. The molecule has 3 aromatic carbocycles. The molecule has 0 atom stereocenters. The molecule has 148 valence electrons. The topological polar surface area (TPSA) is 58.2 Å². The Bertz CT molecular complexity index is 1050. The van der Waals surface area contributed by atoms with Crippen LogP contribution in [0.1, 0.15) is 10.4 Å². The minimum atomic E-state index is -0.320. The van der Waals surface area contributed by atoms with E-state index in [-0.39, 0.29) is 17.6 Å². The third-order valence-electron chi connectivity index (χ3n) is 3.81. The van der Waals surface area contributed by atoms with Gasteiger partial charge in [0.15, 0.2) is 0 Å². The van der Waals surface area contributed by atoms with Crippen LogP contribution in [0.3, 0.4) is 0 Å². The van der Waals surface area contributed by atoms with E-state index in [0.717, 1.165) is 15.1 Å². The first-order valence-corrected chi connectivity index (χ1v) is 11.0. The summed E-state index contributed by atoms with van der Waals surface area (Å²) in [4.78, 5) is 25.4. The summed E-state index contributed by atoms with van der Waals surface area (Å²) in [5, 5.41) is 6.41. The number of nitrogens with one attached hydrogen (secondary N) is 2. The molecule has 0 saturated carbocycles. The number of benzene rings is 3. The van der Waals surface area contributed by atoms with Gasteiger partial charge < -0.3 is 10.6 Å². The van der Waals surface area contributed by atoms with Crippen LogP contribution in [0.2, 0.25) is 10.0 Å².